The van der Waals surface area contributed by atoms with E-state index >= 15 is 0 Å². The molecule has 0 radical (unpaired) electrons. The molecule has 0 unspecified atom stereocenters. The molecule has 0 atom stereocenters. The van der Waals surface area contributed by atoms with E-state index < -0.39 is 5.82 Å². The van der Waals surface area contributed by atoms with E-state index in [2.05, 4.69) is 15.9 Å². The van der Waals surface area contributed by atoms with E-state index in [-0.39, 0.29) is 11.5 Å². The van der Waals surface area contributed by atoms with Gasteiger partial charge in [-0.05, 0) is 45.8 Å². The molecule has 5 heteroatoms. The Hall–Kier alpha value is -1.88. The maximum absolute atomic E-state index is 13.8. The Morgan fingerprint density at radius 2 is 1.90 bits per heavy atom. The van der Waals surface area contributed by atoms with Crippen molar-refractivity contribution >= 4 is 27.5 Å². The summed E-state index contributed by atoms with van der Waals surface area (Å²) >= 11 is 3.21. The van der Waals surface area contributed by atoms with Crippen molar-refractivity contribution < 1.29 is 9.18 Å². The maximum Gasteiger partial charge on any atom is 0.258 e. The zero-order valence-electron chi connectivity index (χ0n) is 10.9. The largest absolute Gasteiger partial charge is 0.399 e. The fourth-order valence-corrected chi connectivity index (χ4v) is 2.37. The highest BCUT2D eigenvalue weighted by molar-refractivity contribution is 9.10. The number of rotatable bonds is 3. The van der Waals surface area contributed by atoms with Gasteiger partial charge >= 0.3 is 0 Å². The minimum absolute atomic E-state index is 0.0467. The summed E-state index contributed by atoms with van der Waals surface area (Å²) in [5.41, 5.74) is 7.26. The van der Waals surface area contributed by atoms with Gasteiger partial charge in [0.25, 0.3) is 5.91 Å². The summed E-state index contributed by atoms with van der Waals surface area (Å²) in [4.78, 5) is 13.8. The highest BCUT2D eigenvalue weighted by Gasteiger charge is 2.19. The van der Waals surface area contributed by atoms with E-state index in [1.165, 1.54) is 11.0 Å². The first-order valence-electron chi connectivity index (χ1n) is 6.03. The second-order valence-corrected chi connectivity index (χ2v) is 5.35. The van der Waals surface area contributed by atoms with E-state index in [1.54, 1.807) is 31.3 Å². The van der Waals surface area contributed by atoms with Crippen LogP contribution in [0, 0.1) is 5.82 Å². The summed E-state index contributed by atoms with van der Waals surface area (Å²) in [5.74, 6) is -0.902. The Morgan fingerprint density at radius 1 is 1.25 bits per heavy atom. The van der Waals surface area contributed by atoms with Gasteiger partial charge in [-0.2, -0.15) is 0 Å². The van der Waals surface area contributed by atoms with Crippen molar-refractivity contribution in [3.63, 3.8) is 0 Å². The van der Waals surface area contributed by atoms with Crippen LogP contribution in [0.4, 0.5) is 10.1 Å². The van der Waals surface area contributed by atoms with Crippen molar-refractivity contribution in [2.24, 2.45) is 0 Å². The fourth-order valence-electron chi connectivity index (χ4n) is 1.86. The molecule has 0 spiro atoms. The van der Waals surface area contributed by atoms with Gasteiger partial charge in [0.2, 0.25) is 0 Å². The molecule has 20 heavy (non-hydrogen) atoms. The van der Waals surface area contributed by atoms with Gasteiger partial charge in [0, 0.05) is 23.8 Å². The fraction of sp³-hybridized carbons (Fsp3) is 0.133. The van der Waals surface area contributed by atoms with Crippen molar-refractivity contribution in [1.82, 2.24) is 4.90 Å². The first-order valence-corrected chi connectivity index (χ1v) is 6.82. The van der Waals surface area contributed by atoms with Crippen LogP contribution in [0.5, 0.6) is 0 Å². The third-order valence-electron chi connectivity index (χ3n) is 2.92. The first kappa shape index (κ1) is 14.5. The summed E-state index contributed by atoms with van der Waals surface area (Å²) in [6.45, 7) is 0.389. The molecular formula is C15H14BrFN2O. The Labute approximate surface area is 125 Å². The predicted octanol–water partition coefficient (Wildman–Crippen LogP) is 3.44. The molecule has 0 aliphatic carbocycles. The summed E-state index contributed by atoms with van der Waals surface area (Å²) in [7, 11) is 1.64. The molecular weight excluding hydrogens is 323 g/mol. The van der Waals surface area contributed by atoms with Crippen LogP contribution < -0.4 is 5.73 Å². The molecule has 2 aromatic carbocycles. The second kappa shape index (κ2) is 6.05. The summed E-state index contributed by atoms with van der Waals surface area (Å²) < 4.78 is 14.2. The Morgan fingerprint density at radius 3 is 2.50 bits per heavy atom. The zero-order chi connectivity index (χ0) is 14.7. The van der Waals surface area contributed by atoms with Gasteiger partial charge in [-0.3, -0.25) is 4.79 Å². The molecule has 2 rings (SSSR count). The molecule has 2 aromatic rings. The van der Waals surface area contributed by atoms with Crippen molar-refractivity contribution in [2.45, 2.75) is 6.54 Å². The molecule has 2 N–H and O–H groups in total. The average molecular weight is 337 g/mol. The number of benzene rings is 2. The number of nitrogen functional groups attached to an aromatic ring is 1. The first-order chi connectivity index (χ1) is 9.49. The third-order valence-corrected chi connectivity index (χ3v) is 3.58. The Bertz CT molecular complexity index is 608. The SMILES string of the molecule is CN(Cc1ccc(N)cc1)C(=O)c1c(F)cccc1Br. The number of anilines is 1. The van der Waals surface area contributed by atoms with Crippen LogP contribution in [-0.2, 0) is 6.54 Å². The molecule has 0 bridgehead atoms. The van der Waals surface area contributed by atoms with Crippen LogP contribution in [0.25, 0.3) is 0 Å². The van der Waals surface area contributed by atoms with E-state index in [0.717, 1.165) is 5.56 Å². The second-order valence-electron chi connectivity index (χ2n) is 4.50. The molecule has 0 aliphatic heterocycles. The lowest BCUT2D eigenvalue weighted by Crippen LogP contribution is -2.27. The topological polar surface area (TPSA) is 46.3 Å². The third kappa shape index (κ3) is 3.17. The monoisotopic (exact) mass is 336 g/mol. The number of hydrogen-bond acceptors (Lipinski definition) is 2. The molecule has 0 saturated carbocycles. The van der Waals surface area contributed by atoms with Gasteiger partial charge in [0.15, 0.2) is 0 Å². The Kier molecular flexibility index (Phi) is 4.39. The van der Waals surface area contributed by atoms with Crippen LogP contribution in [-0.4, -0.2) is 17.9 Å². The molecule has 1 amide bonds. The Balaban J connectivity index is 2.18. The summed E-state index contributed by atoms with van der Waals surface area (Å²) in [5, 5.41) is 0. The summed E-state index contributed by atoms with van der Waals surface area (Å²) in [6, 6.07) is 11.7. The maximum atomic E-state index is 13.8. The molecule has 0 heterocycles. The van der Waals surface area contributed by atoms with Crippen LogP contribution in [0.3, 0.4) is 0 Å². The quantitative estimate of drug-likeness (QED) is 0.872. The van der Waals surface area contributed by atoms with Crippen molar-refractivity contribution in [1.29, 1.82) is 0 Å². The number of carbonyl (C=O) groups is 1. The van der Waals surface area contributed by atoms with E-state index in [4.69, 9.17) is 5.73 Å². The van der Waals surface area contributed by atoms with Crippen LogP contribution in [0.2, 0.25) is 0 Å². The molecule has 0 saturated heterocycles. The number of hydrogen-bond donors (Lipinski definition) is 1. The van der Waals surface area contributed by atoms with Gasteiger partial charge in [0.1, 0.15) is 5.82 Å². The van der Waals surface area contributed by atoms with Gasteiger partial charge in [-0.1, -0.05) is 18.2 Å². The lowest BCUT2D eigenvalue weighted by Gasteiger charge is -2.18. The van der Waals surface area contributed by atoms with Gasteiger partial charge in [-0.15, -0.1) is 0 Å². The molecule has 0 fully saturated rings. The molecule has 104 valence electrons. The number of halogens is 2. The van der Waals surface area contributed by atoms with Gasteiger partial charge < -0.3 is 10.6 Å². The lowest BCUT2D eigenvalue weighted by atomic mass is 10.1. The standard InChI is InChI=1S/C15H14BrFN2O/c1-19(9-10-5-7-11(18)8-6-10)15(20)14-12(16)3-2-4-13(14)17/h2-8H,9,18H2,1H3. The van der Waals surface area contributed by atoms with Crippen LogP contribution in [0.1, 0.15) is 15.9 Å². The predicted molar refractivity (Wildman–Crippen MR) is 80.8 cm³/mol. The van der Waals surface area contributed by atoms with Crippen molar-refractivity contribution in [3.05, 3.63) is 63.9 Å². The van der Waals surface area contributed by atoms with E-state index in [1.807, 2.05) is 12.1 Å². The van der Waals surface area contributed by atoms with Crippen LogP contribution in [0.15, 0.2) is 46.9 Å². The highest BCUT2D eigenvalue weighted by atomic mass is 79.9. The molecule has 0 aliphatic rings. The normalized spacial score (nSPS) is 10.3. The number of carbonyl (C=O) groups excluding carboxylic acids is 1. The minimum Gasteiger partial charge on any atom is -0.399 e. The van der Waals surface area contributed by atoms with Crippen LogP contribution >= 0.6 is 15.9 Å². The molecule has 0 aromatic heterocycles. The number of amides is 1. The van der Waals surface area contributed by atoms with Crippen molar-refractivity contribution in [3.8, 4) is 0 Å². The van der Waals surface area contributed by atoms with Crippen molar-refractivity contribution in [2.75, 3.05) is 12.8 Å². The lowest BCUT2D eigenvalue weighted by molar-refractivity contribution is 0.0779. The highest BCUT2D eigenvalue weighted by Crippen LogP contribution is 2.21. The smallest absolute Gasteiger partial charge is 0.258 e. The number of nitrogens with zero attached hydrogens (tertiary/aromatic N) is 1. The molecule has 3 nitrogen and oxygen atoms in total. The van der Waals surface area contributed by atoms with Gasteiger partial charge in [0.05, 0.1) is 5.56 Å². The summed E-state index contributed by atoms with van der Waals surface area (Å²) in [6.07, 6.45) is 0. The van der Waals surface area contributed by atoms with Gasteiger partial charge in [-0.25, -0.2) is 4.39 Å². The van der Waals surface area contributed by atoms with E-state index in [0.29, 0.717) is 16.7 Å². The van der Waals surface area contributed by atoms with E-state index in [9.17, 15) is 9.18 Å². The minimum atomic E-state index is -0.534. The average Bonchev–Trinajstić information content (AvgIpc) is 2.41. The zero-order valence-corrected chi connectivity index (χ0v) is 12.5. The number of nitrogens with two attached hydrogens (primary N) is 1.